The summed E-state index contributed by atoms with van der Waals surface area (Å²) in [5.74, 6) is 0.431. The predicted molar refractivity (Wildman–Crippen MR) is 72.4 cm³/mol. The number of carboxylic acids is 1. The van der Waals surface area contributed by atoms with Crippen molar-refractivity contribution in [1.29, 1.82) is 0 Å². The largest absolute Gasteiger partial charge is 0.478 e. The summed E-state index contributed by atoms with van der Waals surface area (Å²) >= 11 is 3.35. The predicted octanol–water partition coefficient (Wildman–Crippen LogP) is 4.25. The van der Waals surface area contributed by atoms with Gasteiger partial charge < -0.3 is 9.84 Å². The van der Waals surface area contributed by atoms with Crippen LogP contribution in [0.5, 0.6) is 11.5 Å². The molecule has 0 heterocycles. The van der Waals surface area contributed by atoms with Crippen LogP contribution in [-0.4, -0.2) is 11.1 Å². The van der Waals surface area contributed by atoms with Gasteiger partial charge in [0.2, 0.25) is 0 Å². The van der Waals surface area contributed by atoms with E-state index < -0.39 is 5.97 Å². The molecule has 92 valence electrons. The van der Waals surface area contributed by atoms with Crippen molar-refractivity contribution in [2.45, 2.75) is 6.92 Å². The van der Waals surface area contributed by atoms with Crippen LogP contribution in [0.3, 0.4) is 0 Å². The van der Waals surface area contributed by atoms with Crippen LogP contribution in [0.15, 0.2) is 46.9 Å². The monoisotopic (exact) mass is 306 g/mol. The summed E-state index contributed by atoms with van der Waals surface area (Å²) in [5, 5.41) is 8.87. The molecule has 0 aliphatic rings. The van der Waals surface area contributed by atoms with Gasteiger partial charge in [0.05, 0.1) is 5.56 Å². The lowest BCUT2D eigenvalue weighted by molar-refractivity contribution is 0.0697. The molecule has 0 aromatic heterocycles. The van der Waals surface area contributed by atoms with Crippen LogP contribution in [-0.2, 0) is 0 Å². The Balaban J connectivity index is 2.24. The maximum atomic E-state index is 10.8. The molecule has 2 aromatic rings. The molecule has 0 bridgehead atoms. The normalized spacial score (nSPS) is 10.1. The van der Waals surface area contributed by atoms with Crippen molar-refractivity contribution in [3.8, 4) is 11.5 Å². The van der Waals surface area contributed by atoms with Crippen molar-refractivity contribution < 1.29 is 14.6 Å². The van der Waals surface area contributed by atoms with E-state index in [1.807, 2.05) is 31.2 Å². The zero-order chi connectivity index (χ0) is 13.1. The van der Waals surface area contributed by atoms with E-state index in [4.69, 9.17) is 9.84 Å². The Morgan fingerprint density at radius 3 is 2.39 bits per heavy atom. The number of hydrogen-bond donors (Lipinski definition) is 1. The van der Waals surface area contributed by atoms with Crippen molar-refractivity contribution in [1.82, 2.24) is 0 Å². The maximum Gasteiger partial charge on any atom is 0.335 e. The number of aromatic carboxylic acids is 1. The molecular formula is C14H11BrO3. The Labute approximate surface area is 113 Å². The molecule has 0 saturated carbocycles. The quantitative estimate of drug-likeness (QED) is 0.922. The SMILES string of the molecule is Cc1cc(C(=O)O)ccc1Oc1ccc(Br)cc1. The van der Waals surface area contributed by atoms with Gasteiger partial charge in [-0.15, -0.1) is 0 Å². The van der Waals surface area contributed by atoms with Crippen LogP contribution in [0.4, 0.5) is 0 Å². The summed E-state index contributed by atoms with van der Waals surface area (Å²) in [5.41, 5.74) is 1.05. The van der Waals surface area contributed by atoms with Crippen LogP contribution in [0, 0.1) is 6.92 Å². The molecule has 0 fully saturated rings. The number of halogens is 1. The summed E-state index contributed by atoms with van der Waals surface area (Å²) in [6.07, 6.45) is 0. The van der Waals surface area contributed by atoms with Crippen LogP contribution in [0.25, 0.3) is 0 Å². The summed E-state index contributed by atoms with van der Waals surface area (Å²) in [4.78, 5) is 10.8. The Morgan fingerprint density at radius 2 is 1.83 bits per heavy atom. The first-order valence-corrected chi connectivity index (χ1v) is 6.13. The molecule has 0 unspecified atom stereocenters. The minimum absolute atomic E-state index is 0.260. The summed E-state index contributed by atoms with van der Waals surface area (Å²) in [7, 11) is 0. The number of benzene rings is 2. The molecule has 0 amide bonds. The Kier molecular flexibility index (Phi) is 3.67. The number of carboxylic acid groups (broad SMARTS) is 1. The lowest BCUT2D eigenvalue weighted by atomic mass is 10.1. The first-order valence-electron chi connectivity index (χ1n) is 5.33. The molecule has 0 aliphatic carbocycles. The van der Waals surface area contributed by atoms with Gasteiger partial charge in [0.25, 0.3) is 0 Å². The van der Waals surface area contributed by atoms with Gasteiger partial charge in [-0.05, 0) is 55.0 Å². The minimum atomic E-state index is -0.937. The third-order valence-corrected chi connectivity index (χ3v) is 2.99. The zero-order valence-corrected chi connectivity index (χ0v) is 11.3. The minimum Gasteiger partial charge on any atom is -0.478 e. The van der Waals surface area contributed by atoms with E-state index in [-0.39, 0.29) is 5.56 Å². The van der Waals surface area contributed by atoms with E-state index in [2.05, 4.69) is 15.9 Å². The van der Waals surface area contributed by atoms with E-state index in [0.717, 1.165) is 10.0 Å². The summed E-state index contributed by atoms with van der Waals surface area (Å²) in [6.45, 7) is 1.82. The molecular weight excluding hydrogens is 296 g/mol. The first-order chi connectivity index (χ1) is 8.56. The van der Waals surface area contributed by atoms with Gasteiger partial charge in [-0.3, -0.25) is 0 Å². The van der Waals surface area contributed by atoms with E-state index in [9.17, 15) is 4.79 Å². The van der Waals surface area contributed by atoms with Gasteiger partial charge in [0.1, 0.15) is 11.5 Å². The summed E-state index contributed by atoms with van der Waals surface area (Å²) < 4.78 is 6.66. The average molecular weight is 307 g/mol. The highest BCUT2D eigenvalue weighted by molar-refractivity contribution is 9.10. The fourth-order valence-corrected chi connectivity index (χ4v) is 1.79. The molecule has 0 atom stereocenters. The Morgan fingerprint density at radius 1 is 1.17 bits per heavy atom. The number of carbonyl (C=O) groups is 1. The third kappa shape index (κ3) is 2.90. The molecule has 18 heavy (non-hydrogen) atoms. The lowest BCUT2D eigenvalue weighted by Gasteiger charge is -2.09. The molecule has 2 rings (SSSR count). The van der Waals surface area contributed by atoms with E-state index in [1.165, 1.54) is 6.07 Å². The standard InChI is InChI=1S/C14H11BrO3/c1-9-8-10(14(16)17)2-7-13(9)18-12-5-3-11(15)4-6-12/h2-8H,1H3,(H,16,17). The van der Waals surface area contributed by atoms with Crippen molar-refractivity contribution in [3.63, 3.8) is 0 Å². The van der Waals surface area contributed by atoms with Crippen molar-refractivity contribution in [2.24, 2.45) is 0 Å². The average Bonchev–Trinajstić information content (AvgIpc) is 2.34. The third-order valence-electron chi connectivity index (χ3n) is 2.46. The van der Waals surface area contributed by atoms with E-state index >= 15 is 0 Å². The number of ether oxygens (including phenoxy) is 1. The van der Waals surface area contributed by atoms with Gasteiger partial charge in [-0.2, -0.15) is 0 Å². The molecule has 0 radical (unpaired) electrons. The molecule has 0 spiro atoms. The second-order valence-corrected chi connectivity index (χ2v) is 4.76. The molecule has 2 aromatic carbocycles. The number of aryl methyl sites for hydroxylation is 1. The topological polar surface area (TPSA) is 46.5 Å². The smallest absolute Gasteiger partial charge is 0.335 e. The van der Waals surface area contributed by atoms with Gasteiger partial charge in [-0.1, -0.05) is 15.9 Å². The lowest BCUT2D eigenvalue weighted by Crippen LogP contribution is -1.97. The van der Waals surface area contributed by atoms with Gasteiger partial charge in [0.15, 0.2) is 0 Å². The highest BCUT2D eigenvalue weighted by Gasteiger charge is 2.07. The highest BCUT2D eigenvalue weighted by atomic mass is 79.9. The summed E-state index contributed by atoms with van der Waals surface area (Å²) in [6, 6.07) is 12.2. The Bertz CT molecular complexity index is 576. The first kappa shape index (κ1) is 12.6. The second kappa shape index (κ2) is 5.23. The van der Waals surface area contributed by atoms with Gasteiger partial charge in [0, 0.05) is 4.47 Å². The van der Waals surface area contributed by atoms with Crippen LogP contribution >= 0.6 is 15.9 Å². The molecule has 4 heteroatoms. The molecule has 1 N–H and O–H groups in total. The molecule has 0 aliphatic heterocycles. The van der Waals surface area contributed by atoms with Crippen molar-refractivity contribution >= 4 is 21.9 Å². The van der Waals surface area contributed by atoms with Crippen LogP contribution < -0.4 is 4.74 Å². The Hall–Kier alpha value is -1.81. The molecule has 3 nitrogen and oxygen atoms in total. The van der Waals surface area contributed by atoms with Crippen molar-refractivity contribution in [2.75, 3.05) is 0 Å². The molecule has 0 saturated heterocycles. The zero-order valence-electron chi connectivity index (χ0n) is 9.68. The van der Waals surface area contributed by atoms with E-state index in [1.54, 1.807) is 12.1 Å². The fraction of sp³-hybridized carbons (Fsp3) is 0.0714. The van der Waals surface area contributed by atoms with Crippen LogP contribution in [0.1, 0.15) is 15.9 Å². The second-order valence-electron chi connectivity index (χ2n) is 3.84. The maximum absolute atomic E-state index is 10.8. The van der Waals surface area contributed by atoms with Crippen molar-refractivity contribution in [3.05, 3.63) is 58.1 Å². The van der Waals surface area contributed by atoms with Crippen LogP contribution in [0.2, 0.25) is 0 Å². The number of rotatable bonds is 3. The van der Waals surface area contributed by atoms with Gasteiger partial charge in [-0.25, -0.2) is 4.79 Å². The highest BCUT2D eigenvalue weighted by Crippen LogP contribution is 2.26. The number of hydrogen-bond acceptors (Lipinski definition) is 2. The van der Waals surface area contributed by atoms with Gasteiger partial charge >= 0.3 is 5.97 Å². The fourth-order valence-electron chi connectivity index (χ4n) is 1.53. The van der Waals surface area contributed by atoms with E-state index in [0.29, 0.717) is 11.5 Å².